The number of aliphatic hydroxyl groups is 1. The van der Waals surface area contributed by atoms with Crippen molar-refractivity contribution in [3.63, 3.8) is 0 Å². The molecule has 2 rings (SSSR count). The maximum Gasteiger partial charge on any atom is 0.254 e. The highest BCUT2D eigenvalue weighted by Gasteiger charge is 2.30. The average molecular weight is 181 g/mol. The van der Waals surface area contributed by atoms with E-state index in [0.29, 0.717) is 5.56 Å². The molecule has 0 aromatic carbocycles. The molecule has 0 aliphatic heterocycles. The molecule has 13 heavy (non-hydrogen) atoms. The van der Waals surface area contributed by atoms with Crippen LogP contribution in [0.5, 0.6) is 0 Å². The van der Waals surface area contributed by atoms with Gasteiger partial charge in [-0.1, -0.05) is 0 Å². The SMILES string of the molecule is O=C(N[C@@H]1CC[C@H]1O)c1cn[nH]c1. The van der Waals surface area contributed by atoms with Crippen LogP contribution in [0.15, 0.2) is 12.4 Å². The molecule has 5 heteroatoms. The minimum Gasteiger partial charge on any atom is -0.391 e. The first kappa shape index (κ1) is 8.25. The quantitative estimate of drug-likeness (QED) is 0.584. The fourth-order valence-electron chi connectivity index (χ4n) is 1.28. The maximum absolute atomic E-state index is 11.4. The van der Waals surface area contributed by atoms with Crippen LogP contribution in [0.25, 0.3) is 0 Å². The Labute approximate surface area is 75.2 Å². The second kappa shape index (κ2) is 3.18. The van der Waals surface area contributed by atoms with Crippen LogP contribution in [0.2, 0.25) is 0 Å². The summed E-state index contributed by atoms with van der Waals surface area (Å²) in [6.45, 7) is 0. The maximum atomic E-state index is 11.4. The standard InChI is InChI=1S/C8H11N3O2/c12-7-2-1-6(7)11-8(13)5-3-9-10-4-5/h3-4,6-7,12H,1-2H2,(H,9,10)(H,11,13)/t6-,7-/m1/s1. The van der Waals surface area contributed by atoms with Crippen molar-refractivity contribution in [2.45, 2.75) is 25.0 Å². The predicted molar refractivity (Wildman–Crippen MR) is 45.1 cm³/mol. The van der Waals surface area contributed by atoms with Gasteiger partial charge in [-0.15, -0.1) is 0 Å². The molecule has 0 saturated heterocycles. The van der Waals surface area contributed by atoms with Crippen molar-refractivity contribution in [3.05, 3.63) is 18.0 Å². The number of amides is 1. The minimum atomic E-state index is -0.379. The molecular formula is C8H11N3O2. The Bertz CT molecular complexity index is 296. The summed E-state index contributed by atoms with van der Waals surface area (Å²) in [6.07, 6.45) is 4.23. The van der Waals surface area contributed by atoms with E-state index in [1.54, 1.807) is 0 Å². The molecule has 70 valence electrons. The molecule has 1 heterocycles. The second-order valence-electron chi connectivity index (χ2n) is 3.21. The number of nitrogens with zero attached hydrogens (tertiary/aromatic N) is 1. The number of hydrogen-bond donors (Lipinski definition) is 3. The van der Waals surface area contributed by atoms with Gasteiger partial charge in [0.25, 0.3) is 5.91 Å². The molecule has 1 saturated carbocycles. The third-order valence-electron chi connectivity index (χ3n) is 2.31. The van der Waals surface area contributed by atoms with E-state index < -0.39 is 0 Å². The monoisotopic (exact) mass is 181 g/mol. The summed E-state index contributed by atoms with van der Waals surface area (Å²) in [6, 6.07) is -0.0811. The Morgan fingerprint density at radius 1 is 1.69 bits per heavy atom. The molecule has 1 aliphatic carbocycles. The van der Waals surface area contributed by atoms with Crippen LogP contribution in [0.1, 0.15) is 23.2 Å². The molecule has 2 atom stereocenters. The van der Waals surface area contributed by atoms with Gasteiger partial charge in [-0.25, -0.2) is 0 Å². The van der Waals surface area contributed by atoms with Crippen LogP contribution in [0.4, 0.5) is 0 Å². The fourth-order valence-corrected chi connectivity index (χ4v) is 1.28. The molecule has 3 N–H and O–H groups in total. The van der Waals surface area contributed by atoms with E-state index in [1.807, 2.05) is 0 Å². The Balaban J connectivity index is 1.92. The molecule has 5 nitrogen and oxygen atoms in total. The smallest absolute Gasteiger partial charge is 0.254 e. The molecule has 1 fully saturated rings. The number of H-pyrrole nitrogens is 1. The van der Waals surface area contributed by atoms with E-state index >= 15 is 0 Å². The number of rotatable bonds is 2. The predicted octanol–water partition coefficient (Wildman–Crippen LogP) is -0.337. The van der Waals surface area contributed by atoms with Crippen molar-refractivity contribution in [1.29, 1.82) is 0 Å². The number of nitrogens with one attached hydrogen (secondary N) is 2. The summed E-state index contributed by atoms with van der Waals surface area (Å²) >= 11 is 0. The van der Waals surface area contributed by atoms with Crippen molar-refractivity contribution in [1.82, 2.24) is 15.5 Å². The molecule has 0 radical (unpaired) electrons. The van der Waals surface area contributed by atoms with Gasteiger partial charge < -0.3 is 10.4 Å². The summed E-state index contributed by atoms with van der Waals surface area (Å²) < 4.78 is 0. The molecule has 0 unspecified atom stereocenters. The number of aromatic amines is 1. The highest BCUT2D eigenvalue weighted by molar-refractivity contribution is 5.93. The van der Waals surface area contributed by atoms with E-state index in [-0.39, 0.29) is 18.1 Å². The van der Waals surface area contributed by atoms with E-state index in [1.165, 1.54) is 12.4 Å². The molecule has 1 aromatic rings. The van der Waals surface area contributed by atoms with Crippen LogP contribution in [0, 0.1) is 0 Å². The van der Waals surface area contributed by atoms with Crippen molar-refractivity contribution in [2.24, 2.45) is 0 Å². The van der Waals surface area contributed by atoms with E-state index in [9.17, 15) is 9.90 Å². The van der Waals surface area contributed by atoms with E-state index in [0.717, 1.165) is 12.8 Å². The number of carbonyl (C=O) groups is 1. The summed E-state index contributed by atoms with van der Waals surface area (Å²) in [5, 5.41) is 18.2. The summed E-state index contributed by atoms with van der Waals surface area (Å²) in [5.41, 5.74) is 0.499. The summed E-state index contributed by atoms with van der Waals surface area (Å²) in [4.78, 5) is 11.4. The Kier molecular flexibility index (Phi) is 2.02. The number of aromatic nitrogens is 2. The first-order valence-corrected chi connectivity index (χ1v) is 4.25. The molecule has 1 amide bonds. The van der Waals surface area contributed by atoms with Gasteiger partial charge in [0, 0.05) is 6.20 Å². The molecule has 1 aromatic heterocycles. The third-order valence-corrected chi connectivity index (χ3v) is 2.31. The Morgan fingerprint density at radius 2 is 2.54 bits per heavy atom. The zero-order chi connectivity index (χ0) is 9.26. The lowest BCUT2D eigenvalue weighted by Gasteiger charge is -2.32. The topological polar surface area (TPSA) is 78.0 Å². The van der Waals surface area contributed by atoms with Crippen LogP contribution < -0.4 is 5.32 Å². The van der Waals surface area contributed by atoms with Gasteiger partial charge >= 0.3 is 0 Å². The molecule has 0 spiro atoms. The molecule has 1 aliphatic rings. The Morgan fingerprint density at radius 3 is 3.00 bits per heavy atom. The van der Waals surface area contributed by atoms with Crippen molar-refractivity contribution >= 4 is 5.91 Å². The largest absolute Gasteiger partial charge is 0.391 e. The van der Waals surface area contributed by atoms with Gasteiger partial charge in [-0.3, -0.25) is 9.89 Å². The van der Waals surface area contributed by atoms with Gasteiger partial charge in [0.05, 0.1) is 23.9 Å². The number of carbonyl (C=O) groups excluding carboxylic acids is 1. The minimum absolute atomic E-state index is 0.0811. The van der Waals surface area contributed by atoms with Gasteiger partial charge in [-0.2, -0.15) is 5.10 Å². The molecular weight excluding hydrogens is 170 g/mol. The van der Waals surface area contributed by atoms with Gasteiger partial charge in [0.15, 0.2) is 0 Å². The lowest BCUT2D eigenvalue weighted by molar-refractivity contribution is 0.0447. The Hall–Kier alpha value is -1.36. The second-order valence-corrected chi connectivity index (χ2v) is 3.21. The summed E-state index contributed by atoms with van der Waals surface area (Å²) in [5.74, 6) is -0.183. The van der Waals surface area contributed by atoms with Crippen LogP contribution >= 0.6 is 0 Å². The highest BCUT2D eigenvalue weighted by atomic mass is 16.3. The first-order chi connectivity index (χ1) is 6.27. The lowest BCUT2D eigenvalue weighted by atomic mass is 9.89. The van der Waals surface area contributed by atoms with Crippen molar-refractivity contribution in [3.8, 4) is 0 Å². The van der Waals surface area contributed by atoms with Crippen LogP contribution in [0.3, 0.4) is 0 Å². The molecule has 0 bridgehead atoms. The van der Waals surface area contributed by atoms with Gasteiger partial charge in [-0.05, 0) is 12.8 Å². The van der Waals surface area contributed by atoms with E-state index in [4.69, 9.17) is 0 Å². The third kappa shape index (κ3) is 1.55. The average Bonchev–Trinajstić information content (AvgIpc) is 2.64. The fraction of sp³-hybridized carbons (Fsp3) is 0.500. The van der Waals surface area contributed by atoms with Crippen molar-refractivity contribution in [2.75, 3.05) is 0 Å². The normalized spacial score (nSPS) is 26.5. The number of hydrogen-bond acceptors (Lipinski definition) is 3. The van der Waals surface area contributed by atoms with Gasteiger partial charge in [0.1, 0.15) is 0 Å². The zero-order valence-electron chi connectivity index (χ0n) is 7.03. The van der Waals surface area contributed by atoms with E-state index in [2.05, 4.69) is 15.5 Å². The number of aliphatic hydroxyl groups excluding tert-OH is 1. The highest BCUT2D eigenvalue weighted by Crippen LogP contribution is 2.19. The first-order valence-electron chi connectivity index (χ1n) is 4.25. The van der Waals surface area contributed by atoms with Crippen LogP contribution in [-0.2, 0) is 0 Å². The van der Waals surface area contributed by atoms with Crippen LogP contribution in [-0.4, -0.2) is 33.4 Å². The zero-order valence-corrected chi connectivity index (χ0v) is 7.03. The van der Waals surface area contributed by atoms with Crippen molar-refractivity contribution < 1.29 is 9.90 Å². The summed E-state index contributed by atoms with van der Waals surface area (Å²) in [7, 11) is 0. The van der Waals surface area contributed by atoms with Gasteiger partial charge in [0.2, 0.25) is 0 Å². The lowest BCUT2D eigenvalue weighted by Crippen LogP contribution is -2.50.